The Hall–Kier alpha value is -0.570. The molecular weight excluding hydrogens is 188 g/mol. The van der Waals surface area contributed by atoms with E-state index in [9.17, 15) is 4.79 Å². The summed E-state index contributed by atoms with van der Waals surface area (Å²) >= 11 is 0. The Morgan fingerprint density at radius 1 is 1.27 bits per heavy atom. The second kappa shape index (κ2) is 4.52. The van der Waals surface area contributed by atoms with Crippen LogP contribution in [-0.4, -0.2) is 29.6 Å². The Labute approximate surface area is 93.2 Å². The van der Waals surface area contributed by atoms with Crippen LogP contribution in [0, 0.1) is 5.41 Å². The van der Waals surface area contributed by atoms with Crippen LogP contribution in [0.4, 0.5) is 0 Å². The number of carbonyl (C=O) groups excluding carboxylic acids is 1. The maximum Gasteiger partial charge on any atom is 0.241 e. The standard InChI is InChI=1S/C12H24N2O/c1-6-9-11(15)14(8-12(3,4)5)10(7-2)13-9/h9-10,13H,6-8H2,1-5H3. The van der Waals surface area contributed by atoms with Crippen LogP contribution in [0.2, 0.25) is 0 Å². The van der Waals surface area contributed by atoms with Gasteiger partial charge in [-0.1, -0.05) is 34.6 Å². The Morgan fingerprint density at radius 2 is 1.87 bits per heavy atom. The van der Waals surface area contributed by atoms with Crippen molar-refractivity contribution in [3.63, 3.8) is 0 Å². The van der Waals surface area contributed by atoms with Crippen LogP contribution in [0.25, 0.3) is 0 Å². The zero-order valence-corrected chi connectivity index (χ0v) is 10.6. The smallest absolute Gasteiger partial charge is 0.241 e. The first-order valence-corrected chi connectivity index (χ1v) is 5.95. The maximum absolute atomic E-state index is 12.0. The molecule has 1 heterocycles. The van der Waals surface area contributed by atoms with E-state index in [4.69, 9.17) is 0 Å². The minimum atomic E-state index is 0.0392. The summed E-state index contributed by atoms with van der Waals surface area (Å²) in [6.45, 7) is 11.5. The molecule has 3 nitrogen and oxygen atoms in total. The lowest BCUT2D eigenvalue weighted by Crippen LogP contribution is -2.41. The van der Waals surface area contributed by atoms with Crippen LogP contribution in [0.3, 0.4) is 0 Å². The van der Waals surface area contributed by atoms with Crippen molar-refractivity contribution in [1.82, 2.24) is 10.2 Å². The minimum absolute atomic E-state index is 0.0392. The molecule has 1 rings (SSSR count). The number of hydrogen-bond acceptors (Lipinski definition) is 2. The largest absolute Gasteiger partial charge is 0.325 e. The summed E-state index contributed by atoms with van der Waals surface area (Å²) in [5.74, 6) is 0.277. The number of carbonyl (C=O) groups is 1. The molecule has 1 aliphatic rings. The minimum Gasteiger partial charge on any atom is -0.325 e. The predicted molar refractivity (Wildman–Crippen MR) is 62.5 cm³/mol. The molecule has 1 N–H and O–H groups in total. The van der Waals surface area contributed by atoms with Crippen molar-refractivity contribution in [2.45, 2.75) is 59.7 Å². The average Bonchev–Trinajstić information content (AvgIpc) is 2.42. The van der Waals surface area contributed by atoms with Crippen LogP contribution < -0.4 is 5.32 Å². The highest BCUT2D eigenvalue weighted by molar-refractivity contribution is 5.84. The molecule has 88 valence electrons. The quantitative estimate of drug-likeness (QED) is 0.776. The van der Waals surface area contributed by atoms with E-state index >= 15 is 0 Å². The van der Waals surface area contributed by atoms with Crippen LogP contribution in [-0.2, 0) is 4.79 Å². The molecule has 0 aromatic carbocycles. The fourth-order valence-corrected chi connectivity index (χ4v) is 2.08. The molecule has 1 aliphatic heterocycles. The molecule has 0 spiro atoms. The normalized spacial score (nSPS) is 27.5. The van der Waals surface area contributed by atoms with Gasteiger partial charge in [0.25, 0.3) is 0 Å². The van der Waals surface area contributed by atoms with Crippen molar-refractivity contribution >= 4 is 5.91 Å². The van der Waals surface area contributed by atoms with Crippen LogP contribution in [0.15, 0.2) is 0 Å². The predicted octanol–water partition coefficient (Wildman–Crippen LogP) is 1.98. The molecule has 0 saturated carbocycles. The van der Waals surface area contributed by atoms with E-state index in [0.717, 1.165) is 19.4 Å². The second-order valence-electron chi connectivity index (χ2n) is 5.58. The molecule has 0 bridgehead atoms. The summed E-state index contributed by atoms with van der Waals surface area (Å²) in [5.41, 5.74) is 0.174. The van der Waals surface area contributed by atoms with Gasteiger partial charge in [0.15, 0.2) is 0 Å². The van der Waals surface area contributed by atoms with E-state index in [-0.39, 0.29) is 23.5 Å². The lowest BCUT2D eigenvalue weighted by molar-refractivity contribution is -0.131. The van der Waals surface area contributed by atoms with E-state index < -0.39 is 0 Å². The van der Waals surface area contributed by atoms with Crippen molar-refractivity contribution in [3.8, 4) is 0 Å². The fourth-order valence-electron chi connectivity index (χ4n) is 2.08. The Bertz CT molecular complexity index is 232. The van der Waals surface area contributed by atoms with Gasteiger partial charge in [-0.05, 0) is 18.3 Å². The summed E-state index contributed by atoms with van der Waals surface area (Å²) in [6, 6.07) is 0.0392. The zero-order chi connectivity index (χ0) is 11.6. The monoisotopic (exact) mass is 212 g/mol. The van der Waals surface area contributed by atoms with Crippen molar-refractivity contribution in [2.24, 2.45) is 5.41 Å². The Morgan fingerprint density at radius 3 is 2.27 bits per heavy atom. The SMILES string of the molecule is CCC1NC(CC)N(CC(C)(C)C)C1=O. The third-order valence-corrected chi connectivity index (χ3v) is 2.79. The fraction of sp³-hybridized carbons (Fsp3) is 0.917. The Balaban J connectivity index is 2.72. The van der Waals surface area contributed by atoms with Crippen molar-refractivity contribution in [3.05, 3.63) is 0 Å². The molecule has 15 heavy (non-hydrogen) atoms. The van der Waals surface area contributed by atoms with Gasteiger partial charge in [0.2, 0.25) is 5.91 Å². The molecule has 0 radical (unpaired) electrons. The summed E-state index contributed by atoms with van der Waals surface area (Å²) < 4.78 is 0. The first kappa shape index (κ1) is 12.5. The van der Waals surface area contributed by atoms with Crippen molar-refractivity contribution < 1.29 is 4.79 Å². The van der Waals surface area contributed by atoms with E-state index in [1.807, 2.05) is 4.90 Å². The van der Waals surface area contributed by atoms with Gasteiger partial charge in [-0.15, -0.1) is 0 Å². The molecule has 1 saturated heterocycles. The Kier molecular flexibility index (Phi) is 3.77. The average molecular weight is 212 g/mol. The van der Waals surface area contributed by atoms with Gasteiger partial charge in [0.05, 0.1) is 12.2 Å². The molecule has 2 unspecified atom stereocenters. The van der Waals surface area contributed by atoms with E-state index in [0.29, 0.717) is 0 Å². The number of amides is 1. The number of rotatable bonds is 3. The maximum atomic E-state index is 12.0. The zero-order valence-electron chi connectivity index (χ0n) is 10.6. The summed E-state index contributed by atoms with van der Waals surface area (Å²) in [6.07, 6.45) is 2.11. The molecule has 0 aromatic heterocycles. The lowest BCUT2D eigenvalue weighted by Gasteiger charge is -2.30. The topological polar surface area (TPSA) is 32.3 Å². The van der Waals surface area contributed by atoms with Crippen molar-refractivity contribution in [2.75, 3.05) is 6.54 Å². The summed E-state index contributed by atoms with van der Waals surface area (Å²) in [4.78, 5) is 14.1. The van der Waals surface area contributed by atoms with Gasteiger partial charge >= 0.3 is 0 Å². The number of nitrogens with one attached hydrogen (secondary N) is 1. The first-order chi connectivity index (χ1) is 6.89. The van der Waals surface area contributed by atoms with Crippen LogP contribution >= 0.6 is 0 Å². The number of hydrogen-bond donors (Lipinski definition) is 1. The molecular formula is C12H24N2O. The third-order valence-electron chi connectivity index (χ3n) is 2.79. The molecule has 2 atom stereocenters. The van der Waals surface area contributed by atoms with Crippen LogP contribution in [0.1, 0.15) is 47.5 Å². The molecule has 0 aromatic rings. The summed E-state index contributed by atoms with van der Waals surface area (Å²) in [7, 11) is 0. The van der Waals surface area contributed by atoms with Crippen LogP contribution in [0.5, 0.6) is 0 Å². The van der Waals surface area contributed by atoms with E-state index in [2.05, 4.69) is 39.9 Å². The highest BCUT2D eigenvalue weighted by atomic mass is 16.2. The van der Waals surface area contributed by atoms with E-state index in [1.54, 1.807) is 0 Å². The molecule has 3 heteroatoms. The van der Waals surface area contributed by atoms with Gasteiger partial charge in [-0.25, -0.2) is 0 Å². The van der Waals surface area contributed by atoms with Crippen molar-refractivity contribution in [1.29, 1.82) is 0 Å². The number of nitrogens with zero attached hydrogens (tertiary/aromatic N) is 1. The van der Waals surface area contributed by atoms with Gasteiger partial charge in [0, 0.05) is 6.54 Å². The highest BCUT2D eigenvalue weighted by Crippen LogP contribution is 2.22. The van der Waals surface area contributed by atoms with Gasteiger partial charge in [-0.2, -0.15) is 0 Å². The highest BCUT2D eigenvalue weighted by Gasteiger charge is 2.38. The first-order valence-electron chi connectivity index (χ1n) is 5.95. The third kappa shape index (κ3) is 2.94. The van der Waals surface area contributed by atoms with E-state index in [1.165, 1.54) is 0 Å². The van der Waals surface area contributed by atoms with Gasteiger partial charge < -0.3 is 4.90 Å². The second-order valence-corrected chi connectivity index (χ2v) is 5.58. The van der Waals surface area contributed by atoms with Gasteiger partial charge in [-0.3, -0.25) is 10.1 Å². The van der Waals surface area contributed by atoms with Gasteiger partial charge in [0.1, 0.15) is 0 Å². The molecule has 1 fully saturated rings. The molecule has 1 amide bonds. The summed E-state index contributed by atoms with van der Waals surface area (Å²) in [5, 5.41) is 3.39. The molecule has 0 aliphatic carbocycles. The lowest BCUT2D eigenvalue weighted by atomic mass is 9.95.